The van der Waals surface area contributed by atoms with Gasteiger partial charge in [0.1, 0.15) is 0 Å². The minimum absolute atomic E-state index is 0.412. The molecule has 0 aliphatic heterocycles. The number of nitrogens with zero attached hydrogens (tertiary/aromatic N) is 1. The molecular weight excluding hydrogens is 110 g/mol. The number of hydrogen-bond donors (Lipinski definition) is 0. The predicted octanol–water partition coefficient (Wildman–Crippen LogP) is 2.04. The molecule has 1 unspecified atom stereocenters. The molecule has 1 aliphatic carbocycles. The summed E-state index contributed by atoms with van der Waals surface area (Å²) in [6.45, 7) is 5.57. The Hall–Kier alpha value is -0.590. The van der Waals surface area contributed by atoms with Crippen molar-refractivity contribution in [2.75, 3.05) is 0 Å². The van der Waals surface area contributed by atoms with Crippen LogP contribution in [0, 0.1) is 5.92 Å². The highest BCUT2D eigenvalue weighted by atomic mass is 14.8. The topological polar surface area (TPSA) is 12.4 Å². The molecule has 50 valence electrons. The summed E-state index contributed by atoms with van der Waals surface area (Å²) in [4.78, 5) is 4.00. The first-order valence-corrected chi connectivity index (χ1v) is 3.47. The van der Waals surface area contributed by atoms with Crippen LogP contribution in [0.5, 0.6) is 0 Å². The van der Waals surface area contributed by atoms with E-state index in [0.717, 1.165) is 5.92 Å². The molecule has 9 heavy (non-hydrogen) atoms. The van der Waals surface area contributed by atoms with Crippen LogP contribution in [0.15, 0.2) is 17.1 Å². The van der Waals surface area contributed by atoms with Crippen LogP contribution < -0.4 is 0 Å². The summed E-state index contributed by atoms with van der Waals surface area (Å²) < 4.78 is 0. The summed E-state index contributed by atoms with van der Waals surface area (Å²) in [5.74, 6) is 0.818. The summed E-state index contributed by atoms with van der Waals surface area (Å²) in [6, 6.07) is 0.412. The Labute approximate surface area is 56.5 Å². The highest BCUT2D eigenvalue weighted by Crippen LogP contribution is 2.34. The van der Waals surface area contributed by atoms with E-state index in [1.165, 1.54) is 12.8 Å². The molecule has 1 rings (SSSR count). The second-order valence-corrected chi connectivity index (χ2v) is 2.54. The maximum atomic E-state index is 4.00. The summed E-state index contributed by atoms with van der Waals surface area (Å²) in [5.41, 5.74) is 0. The van der Waals surface area contributed by atoms with Crippen molar-refractivity contribution >= 4 is 6.72 Å². The first-order valence-electron chi connectivity index (χ1n) is 3.47. The molecule has 0 aromatic heterocycles. The highest BCUT2D eigenvalue weighted by Gasteiger charge is 2.28. The van der Waals surface area contributed by atoms with Crippen LogP contribution in [0.2, 0.25) is 0 Å². The molecule has 0 bridgehead atoms. The molecule has 1 fully saturated rings. The minimum Gasteiger partial charge on any atom is -0.293 e. The summed E-state index contributed by atoms with van der Waals surface area (Å²) in [5, 5.41) is 0. The molecule has 0 aromatic carbocycles. The lowest BCUT2D eigenvalue weighted by Crippen LogP contribution is -2.00. The molecule has 0 heterocycles. The molecule has 1 saturated carbocycles. The SMILES string of the molecule is C=NC(/C=C/C)C1CC1. The van der Waals surface area contributed by atoms with Gasteiger partial charge in [-0.25, -0.2) is 0 Å². The summed E-state index contributed by atoms with van der Waals surface area (Å²) in [7, 11) is 0. The second-order valence-electron chi connectivity index (χ2n) is 2.54. The molecule has 0 saturated heterocycles. The largest absolute Gasteiger partial charge is 0.293 e. The highest BCUT2D eigenvalue weighted by molar-refractivity contribution is 5.26. The Morgan fingerprint density at radius 1 is 1.67 bits per heavy atom. The first kappa shape index (κ1) is 6.53. The molecule has 0 spiro atoms. The lowest BCUT2D eigenvalue weighted by Gasteiger charge is -2.00. The second kappa shape index (κ2) is 2.81. The third-order valence-corrected chi connectivity index (χ3v) is 1.71. The van der Waals surface area contributed by atoms with Gasteiger partial charge in [0.05, 0.1) is 6.04 Å². The molecular formula is C8H13N. The van der Waals surface area contributed by atoms with E-state index in [0.29, 0.717) is 6.04 Å². The van der Waals surface area contributed by atoms with Crippen LogP contribution in [-0.2, 0) is 0 Å². The van der Waals surface area contributed by atoms with Gasteiger partial charge in [-0.05, 0) is 32.4 Å². The van der Waals surface area contributed by atoms with Gasteiger partial charge in [0, 0.05) is 0 Å². The van der Waals surface area contributed by atoms with E-state index in [1.54, 1.807) is 0 Å². The zero-order chi connectivity index (χ0) is 6.69. The van der Waals surface area contributed by atoms with Crippen molar-refractivity contribution in [1.29, 1.82) is 0 Å². The van der Waals surface area contributed by atoms with Crippen molar-refractivity contribution in [3.63, 3.8) is 0 Å². The van der Waals surface area contributed by atoms with Crippen molar-refractivity contribution in [1.82, 2.24) is 0 Å². The molecule has 0 aromatic rings. The number of allylic oxidation sites excluding steroid dienone is 1. The van der Waals surface area contributed by atoms with Gasteiger partial charge in [-0.1, -0.05) is 12.2 Å². The lowest BCUT2D eigenvalue weighted by atomic mass is 10.2. The molecule has 0 radical (unpaired) electrons. The Bertz CT molecular complexity index is 123. The zero-order valence-corrected chi connectivity index (χ0v) is 5.88. The number of rotatable bonds is 3. The number of aliphatic imine (C=N–C) groups is 1. The van der Waals surface area contributed by atoms with E-state index in [1.807, 2.05) is 6.92 Å². The Morgan fingerprint density at radius 3 is 2.67 bits per heavy atom. The van der Waals surface area contributed by atoms with Gasteiger partial charge in [0.25, 0.3) is 0 Å². The fourth-order valence-electron chi connectivity index (χ4n) is 1.00. The standard InChI is InChI=1S/C8H13N/c1-3-4-8(9-2)7-5-6-7/h3-4,7-8H,2,5-6H2,1H3/b4-3+. The Balaban J connectivity index is 2.37. The molecule has 0 N–H and O–H groups in total. The smallest absolute Gasteiger partial charge is 0.0700 e. The fourth-order valence-corrected chi connectivity index (χ4v) is 1.00. The summed E-state index contributed by atoms with van der Waals surface area (Å²) in [6.07, 6.45) is 6.87. The molecule has 1 atom stereocenters. The van der Waals surface area contributed by atoms with Gasteiger partial charge < -0.3 is 0 Å². The maximum Gasteiger partial charge on any atom is 0.0700 e. The van der Waals surface area contributed by atoms with Gasteiger partial charge in [0.15, 0.2) is 0 Å². The first-order chi connectivity index (χ1) is 4.38. The third kappa shape index (κ3) is 1.67. The third-order valence-electron chi connectivity index (χ3n) is 1.71. The van der Waals surface area contributed by atoms with Gasteiger partial charge in [-0.3, -0.25) is 4.99 Å². The van der Waals surface area contributed by atoms with E-state index in [-0.39, 0.29) is 0 Å². The van der Waals surface area contributed by atoms with Crippen molar-refractivity contribution < 1.29 is 0 Å². The van der Waals surface area contributed by atoms with E-state index in [4.69, 9.17) is 0 Å². The Morgan fingerprint density at radius 2 is 2.33 bits per heavy atom. The average molecular weight is 123 g/mol. The van der Waals surface area contributed by atoms with Crippen LogP contribution >= 0.6 is 0 Å². The van der Waals surface area contributed by atoms with Crippen LogP contribution in [0.4, 0.5) is 0 Å². The van der Waals surface area contributed by atoms with E-state index in [2.05, 4.69) is 23.9 Å². The van der Waals surface area contributed by atoms with Gasteiger partial charge in [0.2, 0.25) is 0 Å². The van der Waals surface area contributed by atoms with Crippen LogP contribution in [-0.4, -0.2) is 12.8 Å². The quantitative estimate of drug-likeness (QED) is 0.402. The van der Waals surface area contributed by atoms with E-state index in [9.17, 15) is 0 Å². The maximum absolute atomic E-state index is 4.00. The van der Waals surface area contributed by atoms with Crippen molar-refractivity contribution in [3.8, 4) is 0 Å². The normalized spacial score (nSPS) is 22.3. The van der Waals surface area contributed by atoms with Crippen molar-refractivity contribution in [2.24, 2.45) is 10.9 Å². The zero-order valence-electron chi connectivity index (χ0n) is 5.88. The fraction of sp³-hybridized carbons (Fsp3) is 0.625. The van der Waals surface area contributed by atoms with Crippen LogP contribution in [0.3, 0.4) is 0 Å². The average Bonchev–Trinajstić information content (AvgIpc) is 2.64. The molecule has 1 nitrogen and oxygen atoms in total. The predicted molar refractivity (Wildman–Crippen MR) is 40.9 cm³/mol. The van der Waals surface area contributed by atoms with Crippen molar-refractivity contribution in [3.05, 3.63) is 12.2 Å². The summed E-state index contributed by atoms with van der Waals surface area (Å²) >= 11 is 0. The van der Waals surface area contributed by atoms with E-state index < -0.39 is 0 Å². The van der Waals surface area contributed by atoms with E-state index >= 15 is 0 Å². The molecule has 1 heteroatoms. The lowest BCUT2D eigenvalue weighted by molar-refractivity contribution is 0.717. The van der Waals surface area contributed by atoms with Gasteiger partial charge in [-0.2, -0.15) is 0 Å². The van der Waals surface area contributed by atoms with Crippen LogP contribution in [0.1, 0.15) is 19.8 Å². The minimum atomic E-state index is 0.412. The molecule has 0 amide bonds. The monoisotopic (exact) mass is 123 g/mol. The van der Waals surface area contributed by atoms with Crippen LogP contribution in [0.25, 0.3) is 0 Å². The molecule has 1 aliphatic rings. The van der Waals surface area contributed by atoms with Crippen molar-refractivity contribution in [2.45, 2.75) is 25.8 Å². The van der Waals surface area contributed by atoms with Gasteiger partial charge >= 0.3 is 0 Å². The Kier molecular flexibility index (Phi) is 2.04. The van der Waals surface area contributed by atoms with Gasteiger partial charge in [-0.15, -0.1) is 0 Å². The number of hydrogen-bond acceptors (Lipinski definition) is 1.